The molecule has 7 heteroatoms. The Morgan fingerprint density at radius 1 is 1.05 bits per heavy atom. The summed E-state index contributed by atoms with van der Waals surface area (Å²) in [6, 6.07) is 5.35. The first-order valence-corrected chi connectivity index (χ1v) is 8.26. The van der Waals surface area contributed by atoms with Crippen molar-refractivity contribution >= 4 is 46.1 Å². The van der Waals surface area contributed by atoms with Crippen LogP contribution in [0.25, 0.3) is 0 Å². The van der Waals surface area contributed by atoms with Gasteiger partial charge < -0.3 is 14.8 Å². The zero-order chi connectivity index (χ0) is 15.0. The molecule has 2 aromatic rings. The minimum absolute atomic E-state index is 0.162. The van der Waals surface area contributed by atoms with Crippen LogP contribution in [-0.2, 0) is 0 Å². The van der Waals surface area contributed by atoms with Gasteiger partial charge in [-0.05, 0) is 24.7 Å². The summed E-state index contributed by atoms with van der Waals surface area (Å²) in [6.07, 6.45) is 0. The van der Waals surface area contributed by atoms with E-state index in [2.05, 4.69) is 5.32 Å². The van der Waals surface area contributed by atoms with Crippen LogP contribution in [0.15, 0.2) is 18.2 Å². The molecule has 0 aliphatic carbocycles. The molecule has 0 saturated heterocycles. The van der Waals surface area contributed by atoms with Crippen LogP contribution in [0, 0.1) is 0 Å². The van der Waals surface area contributed by atoms with Crippen molar-refractivity contribution in [3.8, 4) is 11.5 Å². The summed E-state index contributed by atoms with van der Waals surface area (Å²) in [4.78, 5) is 0. The van der Waals surface area contributed by atoms with E-state index in [-0.39, 0.29) is 6.04 Å². The molecule has 3 nitrogen and oxygen atoms in total. The Kier molecular flexibility index (Phi) is 4.52. The molecule has 1 atom stereocenters. The first kappa shape index (κ1) is 15.3. The first-order valence-electron chi connectivity index (χ1n) is 6.31. The highest BCUT2D eigenvalue weighted by Crippen LogP contribution is 2.42. The molecule has 3 rings (SSSR count). The van der Waals surface area contributed by atoms with E-state index in [1.807, 2.05) is 19.2 Å². The molecular weight excluding hydrogens is 353 g/mol. The van der Waals surface area contributed by atoms with Crippen LogP contribution >= 0.6 is 46.1 Å². The second-order valence-electron chi connectivity index (χ2n) is 4.52. The number of fused-ring (bicyclic) bond motifs is 1. The highest BCUT2D eigenvalue weighted by atomic mass is 35.5. The third-order valence-corrected chi connectivity index (χ3v) is 5.10. The fourth-order valence-corrected chi connectivity index (χ4v) is 4.12. The molecule has 21 heavy (non-hydrogen) atoms. The third kappa shape index (κ3) is 2.96. The zero-order valence-corrected chi connectivity index (χ0v) is 14.2. The Balaban J connectivity index is 2.06. The smallest absolute Gasteiger partial charge is 0.162 e. The van der Waals surface area contributed by atoms with Gasteiger partial charge >= 0.3 is 0 Å². The molecule has 0 saturated carbocycles. The summed E-state index contributed by atoms with van der Waals surface area (Å²) < 4.78 is 12.4. The maximum Gasteiger partial charge on any atom is 0.162 e. The molecule has 0 fully saturated rings. The van der Waals surface area contributed by atoms with Crippen molar-refractivity contribution in [3.63, 3.8) is 0 Å². The maximum atomic E-state index is 6.40. The molecule has 1 N–H and O–H groups in total. The Hall–Kier alpha value is -0.650. The van der Waals surface area contributed by atoms with E-state index in [1.54, 1.807) is 6.07 Å². The number of thiophene rings is 1. The lowest BCUT2D eigenvalue weighted by Gasteiger charge is -2.23. The molecule has 2 heterocycles. The molecule has 1 aliphatic heterocycles. The molecule has 1 unspecified atom stereocenters. The van der Waals surface area contributed by atoms with E-state index in [4.69, 9.17) is 44.3 Å². The second kappa shape index (κ2) is 6.23. The molecule has 0 radical (unpaired) electrons. The maximum absolute atomic E-state index is 6.40. The summed E-state index contributed by atoms with van der Waals surface area (Å²) in [5.41, 5.74) is 1.77. The highest BCUT2D eigenvalue weighted by Gasteiger charge is 2.23. The van der Waals surface area contributed by atoms with Gasteiger partial charge in [0.1, 0.15) is 13.2 Å². The van der Waals surface area contributed by atoms with E-state index in [9.17, 15) is 0 Å². The standard InChI is InChI=1S/C14H12Cl3NO2S/c1-18-13(8-5-12(16)21-14(8)17)7-4-10-11(6-9(7)15)20-3-2-19-10/h4-6,13,18H,2-3H2,1H3. The summed E-state index contributed by atoms with van der Waals surface area (Å²) in [5, 5.41) is 3.81. The lowest BCUT2D eigenvalue weighted by Crippen LogP contribution is -2.20. The quantitative estimate of drug-likeness (QED) is 0.849. The molecule has 0 bridgehead atoms. The van der Waals surface area contributed by atoms with E-state index in [0.717, 1.165) is 11.1 Å². The van der Waals surface area contributed by atoms with Gasteiger partial charge in [0.05, 0.1) is 14.7 Å². The average Bonchev–Trinajstić information content (AvgIpc) is 2.79. The van der Waals surface area contributed by atoms with E-state index >= 15 is 0 Å². The van der Waals surface area contributed by atoms with Gasteiger partial charge in [-0.2, -0.15) is 0 Å². The average molecular weight is 365 g/mol. The van der Waals surface area contributed by atoms with Crippen LogP contribution in [0.1, 0.15) is 17.2 Å². The van der Waals surface area contributed by atoms with E-state index in [0.29, 0.717) is 38.4 Å². The number of ether oxygens (including phenoxy) is 2. The minimum atomic E-state index is -0.162. The Morgan fingerprint density at radius 3 is 2.29 bits per heavy atom. The van der Waals surface area contributed by atoms with E-state index in [1.165, 1.54) is 11.3 Å². The van der Waals surface area contributed by atoms with Gasteiger partial charge in [-0.15, -0.1) is 11.3 Å². The van der Waals surface area contributed by atoms with Crippen molar-refractivity contribution < 1.29 is 9.47 Å². The summed E-state index contributed by atoms with van der Waals surface area (Å²) in [6.45, 7) is 1.06. The fraction of sp³-hybridized carbons (Fsp3) is 0.286. The number of hydrogen-bond acceptors (Lipinski definition) is 4. The largest absolute Gasteiger partial charge is 0.486 e. The van der Waals surface area contributed by atoms with Gasteiger partial charge in [-0.25, -0.2) is 0 Å². The number of benzene rings is 1. The van der Waals surface area contributed by atoms with Gasteiger partial charge in [-0.3, -0.25) is 0 Å². The van der Waals surface area contributed by atoms with Crippen molar-refractivity contribution in [3.05, 3.63) is 43.0 Å². The van der Waals surface area contributed by atoms with Crippen LogP contribution < -0.4 is 14.8 Å². The predicted molar refractivity (Wildman–Crippen MR) is 87.7 cm³/mol. The lowest BCUT2D eigenvalue weighted by atomic mass is 10.0. The van der Waals surface area contributed by atoms with Crippen molar-refractivity contribution in [2.24, 2.45) is 0 Å². The highest BCUT2D eigenvalue weighted by molar-refractivity contribution is 7.20. The molecule has 112 valence electrons. The van der Waals surface area contributed by atoms with Gasteiger partial charge in [0.2, 0.25) is 0 Å². The van der Waals surface area contributed by atoms with Crippen LogP contribution in [0.5, 0.6) is 11.5 Å². The van der Waals surface area contributed by atoms with Crippen molar-refractivity contribution in [1.29, 1.82) is 0 Å². The van der Waals surface area contributed by atoms with Crippen molar-refractivity contribution in [2.75, 3.05) is 20.3 Å². The summed E-state index contributed by atoms with van der Waals surface area (Å²) in [7, 11) is 1.85. The zero-order valence-electron chi connectivity index (χ0n) is 11.1. The lowest BCUT2D eigenvalue weighted by molar-refractivity contribution is 0.171. The summed E-state index contributed by atoms with van der Waals surface area (Å²) >= 11 is 20.0. The fourth-order valence-electron chi connectivity index (χ4n) is 2.33. The predicted octanol–water partition coefficient (Wildman–Crippen LogP) is 4.79. The molecular formula is C14H12Cl3NO2S. The van der Waals surface area contributed by atoms with Crippen LogP contribution in [0.2, 0.25) is 13.7 Å². The first-order chi connectivity index (χ1) is 10.1. The van der Waals surface area contributed by atoms with Gasteiger partial charge in [0, 0.05) is 16.7 Å². The SMILES string of the molecule is CNC(c1cc2c(cc1Cl)OCCO2)c1cc(Cl)sc1Cl. The van der Waals surface area contributed by atoms with Crippen LogP contribution in [0.3, 0.4) is 0 Å². The van der Waals surface area contributed by atoms with Crippen molar-refractivity contribution in [1.82, 2.24) is 5.32 Å². The Morgan fingerprint density at radius 2 is 1.71 bits per heavy atom. The third-order valence-electron chi connectivity index (χ3n) is 3.26. The monoisotopic (exact) mass is 363 g/mol. The van der Waals surface area contributed by atoms with Crippen LogP contribution in [-0.4, -0.2) is 20.3 Å². The topological polar surface area (TPSA) is 30.5 Å². The number of nitrogens with one attached hydrogen (secondary N) is 1. The summed E-state index contributed by atoms with van der Waals surface area (Å²) in [5.74, 6) is 1.36. The van der Waals surface area contributed by atoms with Gasteiger partial charge in [-0.1, -0.05) is 34.8 Å². The van der Waals surface area contributed by atoms with Crippen molar-refractivity contribution in [2.45, 2.75) is 6.04 Å². The molecule has 1 aromatic heterocycles. The Labute approximate surface area is 141 Å². The molecule has 0 amide bonds. The van der Waals surface area contributed by atoms with Gasteiger partial charge in [0.15, 0.2) is 11.5 Å². The number of halogens is 3. The number of hydrogen-bond donors (Lipinski definition) is 1. The molecule has 0 spiro atoms. The van der Waals surface area contributed by atoms with Gasteiger partial charge in [0.25, 0.3) is 0 Å². The number of rotatable bonds is 3. The molecule has 1 aromatic carbocycles. The van der Waals surface area contributed by atoms with Crippen LogP contribution in [0.4, 0.5) is 0 Å². The Bertz CT molecular complexity index is 674. The minimum Gasteiger partial charge on any atom is -0.486 e. The second-order valence-corrected chi connectivity index (χ2v) is 7.21. The van der Waals surface area contributed by atoms with E-state index < -0.39 is 0 Å². The molecule has 1 aliphatic rings. The normalized spacial score (nSPS) is 15.0.